The van der Waals surface area contributed by atoms with Gasteiger partial charge in [-0.05, 0) is 47.0 Å². The van der Waals surface area contributed by atoms with Crippen LogP contribution in [0.3, 0.4) is 0 Å². The molecule has 0 N–H and O–H groups in total. The van der Waals surface area contributed by atoms with Gasteiger partial charge in [0, 0.05) is 4.88 Å². The van der Waals surface area contributed by atoms with E-state index >= 15 is 0 Å². The van der Waals surface area contributed by atoms with Crippen LogP contribution in [-0.2, 0) is 0 Å². The Bertz CT molecular complexity index is 433. The molecule has 0 aliphatic carbocycles. The number of benzene rings is 1. The summed E-state index contributed by atoms with van der Waals surface area (Å²) in [4.78, 5) is 1.16. The van der Waals surface area contributed by atoms with Gasteiger partial charge in [0.25, 0.3) is 0 Å². The summed E-state index contributed by atoms with van der Waals surface area (Å²) < 4.78 is 14.9. The predicted molar refractivity (Wildman–Crippen MR) is 59.2 cm³/mol. The zero-order valence-electron chi connectivity index (χ0n) is 6.40. The summed E-state index contributed by atoms with van der Waals surface area (Å²) >= 11 is 3.53. The minimum Gasteiger partial charge on any atom is -0.204 e. The molecular weight excluding hydrogens is 286 g/mol. The standard InChI is InChI=1S/C9H6FIS/c1-5-4-6-2-3-7(11)8(10)9(6)12-5/h2-4H,1H3. The van der Waals surface area contributed by atoms with E-state index in [2.05, 4.69) is 0 Å². The van der Waals surface area contributed by atoms with Gasteiger partial charge in [-0.15, -0.1) is 11.3 Å². The summed E-state index contributed by atoms with van der Waals surface area (Å²) in [6, 6.07) is 5.78. The molecule has 1 aromatic carbocycles. The number of rotatable bonds is 0. The Labute approximate surface area is 87.5 Å². The first kappa shape index (κ1) is 8.44. The summed E-state index contributed by atoms with van der Waals surface area (Å²) in [6.07, 6.45) is 0. The lowest BCUT2D eigenvalue weighted by Gasteiger charge is -1.93. The Balaban J connectivity index is 2.89. The third-order valence-electron chi connectivity index (χ3n) is 1.70. The zero-order chi connectivity index (χ0) is 8.72. The smallest absolute Gasteiger partial charge is 0.154 e. The molecular formula is C9H6FIS. The molecule has 0 bridgehead atoms. The largest absolute Gasteiger partial charge is 0.204 e. The molecule has 0 fully saturated rings. The number of hydrogen-bond donors (Lipinski definition) is 0. The molecule has 2 rings (SSSR count). The molecule has 0 spiro atoms. The van der Waals surface area contributed by atoms with Crippen LogP contribution in [0.1, 0.15) is 4.88 Å². The topological polar surface area (TPSA) is 0 Å². The van der Waals surface area contributed by atoms with E-state index in [9.17, 15) is 4.39 Å². The average molecular weight is 292 g/mol. The van der Waals surface area contributed by atoms with Gasteiger partial charge in [-0.2, -0.15) is 0 Å². The minimum absolute atomic E-state index is 0.0776. The fraction of sp³-hybridized carbons (Fsp3) is 0.111. The Morgan fingerprint density at radius 1 is 1.42 bits per heavy atom. The van der Waals surface area contributed by atoms with E-state index in [0.717, 1.165) is 15.0 Å². The van der Waals surface area contributed by atoms with Gasteiger partial charge >= 0.3 is 0 Å². The van der Waals surface area contributed by atoms with Crippen LogP contribution < -0.4 is 0 Å². The molecule has 0 radical (unpaired) electrons. The van der Waals surface area contributed by atoms with Gasteiger partial charge in [-0.3, -0.25) is 0 Å². The molecule has 0 aliphatic rings. The Hall–Kier alpha value is -0.160. The second kappa shape index (κ2) is 2.96. The van der Waals surface area contributed by atoms with E-state index in [-0.39, 0.29) is 5.82 Å². The third kappa shape index (κ3) is 1.25. The van der Waals surface area contributed by atoms with Crippen molar-refractivity contribution in [1.29, 1.82) is 0 Å². The zero-order valence-corrected chi connectivity index (χ0v) is 9.37. The summed E-state index contributed by atoms with van der Waals surface area (Å²) in [7, 11) is 0. The van der Waals surface area contributed by atoms with Crippen LogP contribution in [0.15, 0.2) is 18.2 Å². The molecule has 2 aromatic rings. The maximum absolute atomic E-state index is 13.4. The Morgan fingerprint density at radius 2 is 2.17 bits per heavy atom. The van der Waals surface area contributed by atoms with Crippen molar-refractivity contribution in [2.45, 2.75) is 6.92 Å². The molecule has 3 heteroatoms. The average Bonchev–Trinajstić information content (AvgIpc) is 2.39. The summed E-state index contributed by atoms with van der Waals surface area (Å²) in [5.74, 6) is -0.0776. The molecule has 0 atom stereocenters. The fourth-order valence-corrected chi connectivity index (χ4v) is 2.76. The lowest BCUT2D eigenvalue weighted by atomic mass is 10.2. The minimum atomic E-state index is -0.0776. The van der Waals surface area contributed by atoms with Crippen LogP contribution in [0.25, 0.3) is 10.1 Å². The van der Waals surface area contributed by atoms with Crippen LogP contribution in [0.5, 0.6) is 0 Å². The van der Waals surface area contributed by atoms with Crippen molar-refractivity contribution in [3.63, 3.8) is 0 Å². The van der Waals surface area contributed by atoms with Gasteiger partial charge in [0.1, 0.15) is 0 Å². The molecule has 1 aromatic heterocycles. The van der Waals surface area contributed by atoms with Crippen molar-refractivity contribution in [2.24, 2.45) is 0 Å². The van der Waals surface area contributed by atoms with Crippen molar-refractivity contribution in [3.8, 4) is 0 Å². The van der Waals surface area contributed by atoms with Gasteiger partial charge in [-0.1, -0.05) is 6.07 Å². The van der Waals surface area contributed by atoms with Crippen LogP contribution in [0, 0.1) is 16.3 Å². The van der Waals surface area contributed by atoms with Gasteiger partial charge < -0.3 is 0 Å². The number of fused-ring (bicyclic) bond motifs is 1. The van der Waals surface area contributed by atoms with E-state index in [0.29, 0.717) is 3.57 Å². The molecule has 0 unspecified atom stereocenters. The molecule has 0 saturated heterocycles. The Morgan fingerprint density at radius 3 is 2.92 bits per heavy atom. The molecule has 0 saturated carbocycles. The predicted octanol–water partition coefficient (Wildman–Crippen LogP) is 3.95. The second-order valence-corrected chi connectivity index (χ2v) is 5.06. The van der Waals surface area contributed by atoms with Crippen LogP contribution in [-0.4, -0.2) is 0 Å². The number of thiophene rings is 1. The number of hydrogen-bond acceptors (Lipinski definition) is 1. The van der Waals surface area contributed by atoms with E-state index in [1.54, 1.807) is 0 Å². The maximum atomic E-state index is 13.4. The van der Waals surface area contributed by atoms with Crippen molar-refractivity contribution < 1.29 is 4.39 Å². The first-order chi connectivity index (χ1) is 5.68. The lowest BCUT2D eigenvalue weighted by molar-refractivity contribution is 0.634. The highest BCUT2D eigenvalue weighted by Crippen LogP contribution is 2.29. The monoisotopic (exact) mass is 292 g/mol. The van der Waals surface area contributed by atoms with E-state index in [1.165, 1.54) is 11.3 Å². The number of halogens is 2. The molecule has 62 valence electrons. The van der Waals surface area contributed by atoms with Crippen LogP contribution >= 0.6 is 33.9 Å². The van der Waals surface area contributed by atoms with Crippen molar-refractivity contribution in [3.05, 3.63) is 32.5 Å². The summed E-state index contributed by atoms with van der Waals surface area (Å²) in [6.45, 7) is 2.00. The highest BCUT2D eigenvalue weighted by atomic mass is 127. The first-order valence-corrected chi connectivity index (χ1v) is 5.42. The second-order valence-electron chi connectivity index (χ2n) is 2.64. The summed E-state index contributed by atoms with van der Waals surface area (Å²) in [5.41, 5.74) is 0. The highest BCUT2D eigenvalue weighted by molar-refractivity contribution is 14.1. The fourth-order valence-electron chi connectivity index (χ4n) is 1.17. The lowest BCUT2D eigenvalue weighted by Crippen LogP contribution is -1.78. The van der Waals surface area contributed by atoms with Crippen LogP contribution in [0.2, 0.25) is 0 Å². The quantitative estimate of drug-likeness (QED) is 0.645. The van der Waals surface area contributed by atoms with E-state index in [1.807, 2.05) is 47.7 Å². The van der Waals surface area contributed by atoms with Gasteiger partial charge in [0.15, 0.2) is 5.82 Å². The van der Waals surface area contributed by atoms with Crippen molar-refractivity contribution >= 4 is 44.0 Å². The van der Waals surface area contributed by atoms with Gasteiger partial charge in [-0.25, -0.2) is 4.39 Å². The molecule has 0 nitrogen and oxygen atoms in total. The SMILES string of the molecule is Cc1cc2ccc(I)c(F)c2s1. The first-order valence-electron chi connectivity index (χ1n) is 3.52. The maximum Gasteiger partial charge on any atom is 0.154 e. The van der Waals surface area contributed by atoms with Crippen molar-refractivity contribution in [1.82, 2.24) is 0 Å². The van der Waals surface area contributed by atoms with Gasteiger partial charge in [0.2, 0.25) is 0 Å². The van der Waals surface area contributed by atoms with Gasteiger partial charge in [0.05, 0.1) is 8.27 Å². The third-order valence-corrected chi connectivity index (χ3v) is 3.59. The van der Waals surface area contributed by atoms with E-state index in [4.69, 9.17) is 0 Å². The van der Waals surface area contributed by atoms with Crippen molar-refractivity contribution in [2.75, 3.05) is 0 Å². The van der Waals surface area contributed by atoms with E-state index < -0.39 is 0 Å². The molecule has 1 heterocycles. The van der Waals surface area contributed by atoms with Crippen LogP contribution in [0.4, 0.5) is 4.39 Å². The summed E-state index contributed by atoms with van der Waals surface area (Å²) in [5, 5.41) is 1.01. The molecule has 12 heavy (non-hydrogen) atoms. The molecule has 0 amide bonds. The number of aryl methyl sites for hydroxylation is 1. The normalized spacial score (nSPS) is 10.9. The highest BCUT2D eigenvalue weighted by Gasteiger charge is 2.06. The molecule has 0 aliphatic heterocycles. The Kier molecular flexibility index (Phi) is 2.08.